The van der Waals surface area contributed by atoms with Crippen LogP contribution in [0.4, 0.5) is 16.3 Å². The number of ether oxygens (including phenoxy) is 1. The van der Waals surface area contributed by atoms with E-state index in [9.17, 15) is 9.59 Å². The van der Waals surface area contributed by atoms with Crippen molar-refractivity contribution in [3.63, 3.8) is 0 Å². The molecule has 7 nitrogen and oxygen atoms in total. The molecule has 31 heavy (non-hydrogen) atoms. The van der Waals surface area contributed by atoms with E-state index in [1.807, 2.05) is 54.6 Å². The standard InChI is InChI=1S/C24H24N4O3/c1-31-21-9-5-6-17(12-21)15-26-24(30)27-22-14-20(10-11-25-22)28-16-19(13-23(28)29)18-7-3-2-4-8-18/h2-12,14,19H,13,15-16H2,1H3,(H2,25,26,27,30). The predicted octanol–water partition coefficient (Wildman–Crippen LogP) is 3.93. The van der Waals surface area contributed by atoms with E-state index in [-0.39, 0.29) is 17.9 Å². The van der Waals surface area contributed by atoms with Gasteiger partial charge in [0, 0.05) is 43.4 Å². The van der Waals surface area contributed by atoms with Crippen LogP contribution < -0.4 is 20.3 Å². The molecule has 1 atom stereocenters. The lowest BCUT2D eigenvalue weighted by Gasteiger charge is -2.18. The number of hydrogen-bond acceptors (Lipinski definition) is 4. The van der Waals surface area contributed by atoms with E-state index in [0.29, 0.717) is 25.3 Å². The Balaban J connectivity index is 1.38. The van der Waals surface area contributed by atoms with Gasteiger partial charge < -0.3 is 15.0 Å². The van der Waals surface area contributed by atoms with E-state index >= 15 is 0 Å². The molecule has 1 aliphatic rings. The van der Waals surface area contributed by atoms with E-state index in [2.05, 4.69) is 15.6 Å². The molecule has 1 aliphatic heterocycles. The highest BCUT2D eigenvalue weighted by molar-refractivity contribution is 5.97. The SMILES string of the molecule is COc1cccc(CNC(=O)Nc2cc(N3CC(c4ccccc4)CC3=O)ccn2)c1. The molecule has 2 aromatic carbocycles. The molecule has 3 amide bonds. The Bertz CT molecular complexity index is 1070. The highest BCUT2D eigenvalue weighted by Crippen LogP contribution is 2.32. The van der Waals surface area contributed by atoms with Crippen LogP contribution in [-0.2, 0) is 11.3 Å². The van der Waals surface area contributed by atoms with Crippen LogP contribution in [-0.4, -0.2) is 30.6 Å². The number of carbonyl (C=O) groups is 2. The van der Waals surface area contributed by atoms with Gasteiger partial charge in [-0.25, -0.2) is 9.78 Å². The molecule has 0 bridgehead atoms. The lowest BCUT2D eigenvalue weighted by atomic mass is 9.99. The van der Waals surface area contributed by atoms with Gasteiger partial charge in [0.25, 0.3) is 0 Å². The van der Waals surface area contributed by atoms with Gasteiger partial charge in [-0.15, -0.1) is 0 Å². The summed E-state index contributed by atoms with van der Waals surface area (Å²) < 4.78 is 5.19. The molecule has 0 aliphatic carbocycles. The van der Waals surface area contributed by atoms with Crippen molar-refractivity contribution in [2.24, 2.45) is 0 Å². The molecule has 2 N–H and O–H groups in total. The van der Waals surface area contributed by atoms with Crippen molar-refractivity contribution in [3.05, 3.63) is 84.1 Å². The molecule has 1 fully saturated rings. The van der Waals surface area contributed by atoms with Gasteiger partial charge in [0.2, 0.25) is 5.91 Å². The highest BCUT2D eigenvalue weighted by Gasteiger charge is 2.31. The Hall–Kier alpha value is -3.87. The number of rotatable bonds is 6. The number of hydrogen-bond donors (Lipinski definition) is 2. The van der Waals surface area contributed by atoms with Crippen molar-refractivity contribution in [1.29, 1.82) is 0 Å². The van der Waals surface area contributed by atoms with E-state index < -0.39 is 0 Å². The third-order valence-corrected chi connectivity index (χ3v) is 5.28. The number of aromatic nitrogens is 1. The van der Waals surface area contributed by atoms with Crippen LogP contribution in [0.2, 0.25) is 0 Å². The van der Waals surface area contributed by atoms with Crippen LogP contribution in [0.5, 0.6) is 5.75 Å². The fraction of sp³-hybridized carbons (Fsp3) is 0.208. The first kappa shape index (κ1) is 20.4. The van der Waals surface area contributed by atoms with Gasteiger partial charge in [-0.2, -0.15) is 0 Å². The van der Waals surface area contributed by atoms with Crippen molar-refractivity contribution in [3.8, 4) is 5.75 Å². The van der Waals surface area contributed by atoms with Crippen molar-refractivity contribution < 1.29 is 14.3 Å². The molecule has 3 aromatic rings. The summed E-state index contributed by atoms with van der Waals surface area (Å²) in [6.07, 6.45) is 2.06. The van der Waals surface area contributed by atoms with Gasteiger partial charge >= 0.3 is 6.03 Å². The van der Waals surface area contributed by atoms with Crippen LogP contribution in [0.15, 0.2) is 72.9 Å². The number of amides is 3. The summed E-state index contributed by atoms with van der Waals surface area (Å²) in [5.41, 5.74) is 2.80. The van der Waals surface area contributed by atoms with Crippen molar-refractivity contribution >= 4 is 23.4 Å². The molecule has 0 spiro atoms. The van der Waals surface area contributed by atoms with Gasteiger partial charge in [0.15, 0.2) is 0 Å². The van der Waals surface area contributed by atoms with E-state index in [1.165, 1.54) is 0 Å². The van der Waals surface area contributed by atoms with E-state index in [1.54, 1.807) is 30.3 Å². The number of urea groups is 1. The minimum absolute atomic E-state index is 0.0634. The number of nitrogens with one attached hydrogen (secondary N) is 2. The van der Waals surface area contributed by atoms with Gasteiger partial charge in [-0.3, -0.25) is 10.1 Å². The van der Waals surface area contributed by atoms with E-state index in [4.69, 9.17) is 4.74 Å². The first-order valence-corrected chi connectivity index (χ1v) is 10.1. The summed E-state index contributed by atoms with van der Waals surface area (Å²) in [7, 11) is 1.60. The zero-order valence-corrected chi connectivity index (χ0v) is 17.2. The number of methoxy groups -OCH3 is 1. The molecular formula is C24H24N4O3. The summed E-state index contributed by atoms with van der Waals surface area (Å²) in [5.74, 6) is 1.34. The first-order chi connectivity index (χ1) is 15.1. The zero-order chi connectivity index (χ0) is 21.6. The zero-order valence-electron chi connectivity index (χ0n) is 17.2. The molecule has 1 aromatic heterocycles. The minimum Gasteiger partial charge on any atom is -0.497 e. The fourth-order valence-electron chi connectivity index (χ4n) is 3.69. The number of pyridine rings is 1. The van der Waals surface area contributed by atoms with Gasteiger partial charge in [0.1, 0.15) is 11.6 Å². The second-order valence-electron chi connectivity index (χ2n) is 7.37. The second-order valence-corrected chi connectivity index (χ2v) is 7.37. The van der Waals surface area contributed by atoms with Crippen LogP contribution >= 0.6 is 0 Å². The van der Waals surface area contributed by atoms with Crippen molar-refractivity contribution in [2.75, 3.05) is 23.9 Å². The largest absolute Gasteiger partial charge is 0.497 e. The predicted molar refractivity (Wildman–Crippen MR) is 119 cm³/mol. The molecule has 0 radical (unpaired) electrons. The Labute approximate surface area is 181 Å². The van der Waals surface area contributed by atoms with Crippen LogP contribution in [0.3, 0.4) is 0 Å². The van der Waals surface area contributed by atoms with Gasteiger partial charge in [0.05, 0.1) is 7.11 Å². The van der Waals surface area contributed by atoms with Crippen molar-refractivity contribution in [2.45, 2.75) is 18.9 Å². The Morgan fingerprint density at radius 1 is 1.13 bits per heavy atom. The van der Waals surface area contributed by atoms with Crippen LogP contribution in [0, 0.1) is 0 Å². The van der Waals surface area contributed by atoms with Gasteiger partial charge in [-0.05, 0) is 29.3 Å². The van der Waals surface area contributed by atoms with Crippen LogP contribution in [0.1, 0.15) is 23.5 Å². The summed E-state index contributed by atoms with van der Waals surface area (Å²) in [5, 5.41) is 5.53. The molecule has 7 heteroatoms. The second kappa shape index (κ2) is 9.30. The Morgan fingerprint density at radius 2 is 1.97 bits per heavy atom. The number of carbonyl (C=O) groups excluding carboxylic acids is 2. The summed E-state index contributed by atoms with van der Waals surface area (Å²) in [6.45, 7) is 0.959. The molecule has 1 saturated heterocycles. The number of benzene rings is 2. The topological polar surface area (TPSA) is 83.6 Å². The molecular weight excluding hydrogens is 392 g/mol. The summed E-state index contributed by atoms with van der Waals surface area (Å²) >= 11 is 0. The smallest absolute Gasteiger partial charge is 0.320 e. The molecule has 2 heterocycles. The quantitative estimate of drug-likeness (QED) is 0.638. The highest BCUT2D eigenvalue weighted by atomic mass is 16.5. The Kier molecular flexibility index (Phi) is 6.12. The number of anilines is 2. The van der Waals surface area contributed by atoms with Crippen LogP contribution in [0.25, 0.3) is 0 Å². The maximum atomic E-state index is 12.6. The lowest BCUT2D eigenvalue weighted by molar-refractivity contribution is -0.117. The average Bonchev–Trinajstić information content (AvgIpc) is 3.20. The number of nitrogens with zero attached hydrogens (tertiary/aromatic N) is 2. The monoisotopic (exact) mass is 416 g/mol. The minimum atomic E-state index is -0.373. The summed E-state index contributed by atoms with van der Waals surface area (Å²) in [6, 6.07) is 20.7. The maximum Gasteiger partial charge on any atom is 0.320 e. The molecule has 158 valence electrons. The third-order valence-electron chi connectivity index (χ3n) is 5.28. The summed E-state index contributed by atoms with van der Waals surface area (Å²) in [4.78, 5) is 30.9. The Morgan fingerprint density at radius 3 is 2.77 bits per heavy atom. The van der Waals surface area contributed by atoms with E-state index in [0.717, 1.165) is 22.6 Å². The maximum absolute atomic E-state index is 12.6. The van der Waals surface area contributed by atoms with Crippen molar-refractivity contribution in [1.82, 2.24) is 10.3 Å². The normalized spacial score (nSPS) is 15.6. The molecule has 0 saturated carbocycles. The lowest BCUT2D eigenvalue weighted by Crippen LogP contribution is -2.29. The third kappa shape index (κ3) is 5.01. The molecule has 1 unspecified atom stereocenters. The van der Waals surface area contributed by atoms with Gasteiger partial charge in [-0.1, -0.05) is 42.5 Å². The average molecular weight is 416 g/mol. The fourth-order valence-corrected chi connectivity index (χ4v) is 3.69. The molecule has 4 rings (SSSR count). The first-order valence-electron chi connectivity index (χ1n) is 10.1.